The fourth-order valence-corrected chi connectivity index (χ4v) is 8.59. The summed E-state index contributed by atoms with van der Waals surface area (Å²) in [6, 6.07) is 67.8. The predicted octanol–water partition coefficient (Wildman–Crippen LogP) is 11.1. The van der Waals surface area contributed by atoms with Gasteiger partial charge in [-0.1, -0.05) is 133 Å². The van der Waals surface area contributed by atoms with Crippen molar-refractivity contribution in [2.75, 3.05) is 4.81 Å². The van der Waals surface area contributed by atoms with E-state index in [0.29, 0.717) is 0 Å². The number of aromatic nitrogens is 1. The lowest BCUT2D eigenvalue weighted by atomic mass is 9.44. The Bertz CT molecular complexity index is 2790. The van der Waals surface area contributed by atoms with Crippen LogP contribution < -0.4 is 20.5 Å². The van der Waals surface area contributed by atoms with Gasteiger partial charge in [0.2, 0.25) is 0 Å². The highest BCUT2D eigenvalue weighted by Crippen LogP contribution is 2.47. The molecule has 0 saturated carbocycles. The number of hydrogen-bond acceptors (Lipinski definition) is 2. The molecule has 0 amide bonds. The molecular weight excluding hydrogens is 631 g/mol. The summed E-state index contributed by atoms with van der Waals surface area (Å²) in [4.78, 5) is 2.51. The van der Waals surface area contributed by atoms with Gasteiger partial charge in [-0.2, -0.15) is 0 Å². The van der Waals surface area contributed by atoms with Crippen LogP contribution >= 0.6 is 0 Å². The van der Waals surface area contributed by atoms with Gasteiger partial charge in [0.05, 0.1) is 16.7 Å². The summed E-state index contributed by atoms with van der Waals surface area (Å²) >= 11 is 0. The Labute approximate surface area is 302 Å². The van der Waals surface area contributed by atoms with Crippen molar-refractivity contribution in [2.24, 2.45) is 0 Å². The minimum Gasteiger partial charge on any atom is -0.458 e. The van der Waals surface area contributed by atoms with Gasteiger partial charge >= 0.3 is 6.85 Å². The van der Waals surface area contributed by atoms with Crippen LogP contribution in [0.3, 0.4) is 0 Å². The molecule has 11 rings (SSSR count). The van der Waals surface area contributed by atoms with Gasteiger partial charge in [0, 0.05) is 38.7 Å². The summed E-state index contributed by atoms with van der Waals surface area (Å²) in [5, 5.41) is 2.50. The fourth-order valence-electron chi connectivity index (χ4n) is 8.59. The van der Waals surface area contributed by atoms with Crippen molar-refractivity contribution in [1.29, 1.82) is 0 Å². The highest BCUT2D eigenvalue weighted by atomic mass is 16.5. The Morgan fingerprint density at radius 1 is 0.404 bits per heavy atom. The summed E-state index contributed by atoms with van der Waals surface area (Å²) in [5.41, 5.74) is 15.3. The second kappa shape index (κ2) is 11.4. The molecule has 3 nitrogen and oxygen atoms in total. The third-order valence-electron chi connectivity index (χ3n) is 10.8. The van der Waals surface area contributed by atoms with Crippen molar-refractivity contribution in [2.45, 2.75) is 0 Å². The molecule has 8 aromatic carbocycles. The number of rotatable bonds is 4. The highest BCUT2D eigenvalue weighted by molar-refractivity contribution is 6.92. The molecule has 9 aromatic rings. The highest BCUT2D eigenvalue weighted by Gasteiger charge is 2.44. The maximum absolute atomic E-state index is 6.92. The van der Waals surface area contributed by atoms with Gasteiger partial charge in [0.1, 0.15) is 11.5 Å². The van der Waals surface area contributed by atoms with Crippen LogP contribution in [0, 0.1) is 0 Å². The molecule has 242 valence electrons. The molecule has 2 aliphatic rings. The second-order valence-electron chi connectivity index (χ2n) is 13.7. The van der Waals surface area contributed by atoms with Gasteiger partial charge in [-0.3, -0.25) is 0 Å². The maximum Gasteiger partial charge on any atom is 0.336 e. The molecule has 0 saturated heterocycles. The quantitative estimate of drug-likeness (QED) is 0.175. The van der Waals surface area contributed by atoms with E-state index in [-0.39, 0.29) is 6.85 Å². The Kier molecular flexibility index (Phi) is 6.35. The minimum atomic E-state index is -0.0718. The lowest BCUT2D eigenvalue weighted by Crippen LogP contribution is -2.59. The molecule has 52 heavy (non-hydrogen) atoms. The number of fused-ring (bicyclic) bond motifs is 7. The predicted molar refractivity (Wildman–Crippen MR) is 217 cm³/mol. The summed E-state index contributed by atoms with van der Waals surface area (Å²) < 4.78 is 9.33. The van der Waals surface area contributed by atoms with Gasteiger partial charge in [0.15, 0.2) is 0 Å². The van der Waals surface area contributed by atoms with Crippen LogP contribution in [0.1, 0.15) is 0 Å². The molecule has 0 atom stereocenters. The van der Waals surface area contributed by atoms with E-state index in [1.165, 1.54) is 55.2 Å². The number of anilines is 2. The average molecular weight is 663 g/mol. The molecular formula is C48H31BN2O. The minimum absolute atomic E-state index is 0.0718. The number of para-hydroxylation sites is 5. The lowest BCUT2D eigenvalue weighted by molar-refractivity contribution is 0.487. The van der Waals surface area contributed by atoms with Crippen LogP contribution in [0.5, 0.6) is 11.5 Å². The molecule has 0 radical (unpaired) electrons. The standard InChI is InChI=1S/C48H31BN2O/c1-3-15-32(16-4-1)33-27-28-39-40-29-34(36-19-7-11-23-42(36)50-43-24-12-8-20-37(43)38-21-9-13-25-44(38)50)31-47-48(40)49(41-22-10-14-26-46(41)52-47)51(45(39)30-33)35-17-5-2-6-18-35/h1-31H. The Balaban J connectivity index is 1.20. The van der Waals surface area contributed by atoms with Crippen molar-refractivity contribution in [3.8, 4) is 50.6 Å². The van der Waals surface area contributed by atoms with E-state index < -0.39 is 0 Å². The molecule has 0 N–H and O–H groups in total. The average Bonchev–Trinajstić information content (AvgIpc) is 3.55. The van der Waals surface area contributed by atoms with Crippen molar-refractivity contribution >= 4 is 51.0 Å². The molecule has 4 heteroatoms. The van der Waals surface area contributed by atoms with Crippen molar-refractivity contribution in [3.05, 3.63) is 188 Å². The van der Waals surface area contributed by atoms with Crippen LogP contribution in [0.4, 0.5) is 11.4 Å². The number of ether oxygens (including phenoxy) is 1. The Hall–Kier alpha value is -6.78. The first-order chi connectivity index (χ1) is 25.8. The van der Waals surface area contributed by atoms with Crippen LogP contribution in [0.15, 0.2) is 188 Å². The number of hydrogen-bond donors (Lipinski definition) is 0. The summed E-state index contributed by atoms with van der Waals surface area (Å²) in [5.74, 6) is 1.79. The van der Waals surface area contributed by atoms with E-state index in [2.05, 4.69) is 197 Å². The van der Waals surface area contributed by atoms with Gasteiger partial charge in [-0.25, -0.2) is 0 Å². The molecule has 0 aliphatic carbocycles. The third kappa shape index (κ3) is 4.28. The zero-order valence-corrected chi connectivity index (χ0v) is 28.3. The first-order valence-corrected chi connectivity index (χ1v) is 17.9. The normalized spacial score (nSPS) is 12.7. The molecule has 0 spiro atoms. The lowest BCUT2D eigenvalue weighted by Gasteiger charge is -2.42. The summed E-state index contributed by atoms with van der Waals surface area (Å²) in [7, 11) is 0. The van der Waals surface area contributed by atoms with Gasteiger partial charge in [-0.05, 0) is 82.3 Å². The van der Waals surface area contributed by atoms with Crippen molar-refractivity contribution in [1.82, 2.24) is 4.57 Å². The molecule has 0 unspecified atom stereocenters. The van der Waals surface area contributed by atoms with E-state index in [0.717, 1.165) is 39.5 Å². The first-order valence-electron chi connectivity index (χ1n) is 17.9. The molecule has 0 bridgehead atoms. The molecule has 3 heterocycles. The molecule has 1 aromatic heterocycles. The van der Waals surface area contributed by atoms with Crippen molar-refractivity contribution < 1.29 is 4.74 Å². The van der Waals surface area contributed by atoms with E-state index in [4.69, 9.17) is 4.74 Å². The van der Waals surface area contributed by atoms with Gasteiger partial charge in [0.25, 0.3) is 0 Å². The number of nitrogens with zero attached hydrogens (tertiary/aromatic N) is 2. The third-order valence-corrected chi connectivity index (χ3v) is 10.8. The van der Waals surface area contributed by atoms with Crippen LogP contribution in [-0.4, -0.2) is 11.4 Å². The zero-order chi connectivity index (χ0) is 34.2. The number of benzene rings is 8. The summed E-state index contributed by atoms with van der Waals surface area (Å²) in [6.07, 6.45) is 0. The second-order valence-corrected chi connectivity index (χ2v) is 13.7. The topological polar surface area (TPSA) is 17.4 Å². The monoisotopic (exact) mass is 662 g/mol. The maximum atomic E-state index is 6.92. The van der Waals surface area contributed by atoms with Gasteiger partial charge in [-0.15, -0.1) is 0 Å². The SMILES string of the molecule is c1ccc(-c2ccc3c(c2)N(c2ccccc2)B2c4ccccc4Oc4cc(-c5ccccc5-n5c6ccccc6c6ccccc65)cc-3c42)cc1. The van der Waals surface area contributed by atoms with E-state index in [9.17, 15) is 0 Å². The van der Waals surface area contributed by atoms with E-state index in [1.54, 1.807) is 0 Å². The zero-order valence-electron chi connectivity index (χ0n) is 28.3. The first kappa shape index (κ1) is 29.0. The Morgan fingerprint density at radius 2 is 1.06 bits per heavy atom. The van der Waals surface area contributed by atoms with Gasteiger partial charge < -0.3 is 14.1 Å². The smallest absolute Gasteiger partial charge is 0.336 e. The molecule has 2 aliphatic heterocycles. The van der Waals surface area contributed by atoms with Crippen LogP contribution in [-0.2, 0) is 0 Å². The van der Waals surface area contributed by atoms with Crippen LogP contribution in [0.25, 0.3) is 60.9 Å². The molecule has 0 fully saturated rings. The largest absolute Gasteiger partial charge is 0.458 e. The van der Waals surface area contributed by atoms with Crippen LogP contribution in [0.2, 0.25) is 0 Å². The Morgan fingerprint density at radius 3 is 1.85 bits per heavy atom. The summed E-state index contributed by atoms with van der Waals surface area (Å²) in [6.45, 7) is -0.0718. The van der Waals surface area contributed by atoms with E-state index in [1.807, 2.05) is 0 Å². The van der Waals surface area contributed by atoms with Crippen molar-refractivity contribution in [3.63, 3.8) is 0 Å². The fraction of sp³-hybridized carbons (Fsp3) is 0. The van der Waals surface area contributed by atoms with E-state index >= 15 is 0 Å².